The van der Waals surface area contributed by atoms with Gasteiger partial charge in [0.1, 0.15) is 0 Å². The van der Waals surface area contributed by atoms with Crippen LogP contribution in [0.15, 0.2) is 66.0 Å². The Labute approximate surface area is 172 Å². The molecule has 142 valence electrons. The Morgan fingerprint density at radius 1 is 1.14 bits per heavy atom. The Balaban J connectivity index is 1.69. The Hall–Kier alpha value is -2.63. The van der Waals surface area contributed by atoms with Crippen molar-refractivity contribution in [2.75, 3.05) is 7.05 Å². The fraction of sp³-hybridized carbons (Fsp3) is 0.182. The number of fused-ring (bicyclic) bond motifs is 1. The largest absolute Gasteiger partial charge is 0.351 e. The highest BCUT2D eigenvalue weighted by Crippen LogP contribution is 2.43. The number of nitrogens with zero attached hydrogens (tertiary/aromatic N) is 1. The molecule has 2 amide bonds. The lowest BCUT2D eigenvalue weighted by Crippen LogP contribution is -2.45. The van der Waals surface area contributed by atoms with E-state index in [-0.39, 0.29) is 17.9 Å². The summed E-state index contributed by atoms with van der Waals surface area (Å²) in [6.07, 6.45) is 0. The summed E-state index contributed by atoms with van der Waals surface area (Å²) in [4.78, 5) is 28.9. The number of likely N-dealkylation sites (N-methyl/N-ethyl adjacent to an activating group) is 1. The van der Waals surface area contributed by atoms with Crippen LogP contribution in [0.2, 0.25) is 5.02 Å². The molecule has 0 fully saturated rings. The molecule has 1 aliphatic heterocycles. The fourth-order valence-corrected chi connectivity index (χ4v) is 4.84. The molecule has 4 rings (SSSR count). The highest BCUT2D eigenvalue weighted by atomic mass is 35.5. The van der Waals surface area contributed by atoms with Gasteiger partial charge < -0.3 is 10.2 Å². The lowest BCUT2D eigenvalue weighted by Gasteiger charge is -2.39. The van der Waals surface area contributed by atoms with Gasteiger partial charge in [0, 0.05) is 29.1 Å². The molecule has 2 heterocycles. The van der Waals surface area contributed by atoms with E-state index < -0.39 is 5.92 Å². The summed E-state index contributed by atoms with van der Waals surface area (Å²) in [7, 11) is 1.76. The molecule has 1 aliphatic rings. The van der Waals surface area contributed by atoms with Crippen LogP contribution in [0.5, 0.6) is 0 Å². The molecule has 0 aliphatic carbocycles. The summed E-state index contributed by atoms with van der Waals surface area (Å²) in [6, 6.07) is 18.4. The number of nitrogens with one attached hydrogen (secondary N) is 1. The zero-order valence-corrected chi connectivity index (χ0v) is 16.8. The fourth-order valence-electron chi connectivity index (χ4n) is 3.72. The van der Waals surface area contributed by atoms with E-state index in [4.69, 9.17) is 11.6 Å². The Morgan fingerprint density at radius 2 is 1.96 bits per heavy atom. The van der Waals surface area contributed by atoms with Crippen LogP contribution in [-0.2, 0) is 11.3 Å². The molecule has 2 aromatic carbocycles. The summed E-state index contributed by atoms with van der Waals surface area (Å²) in [5.41, 5.74) is 2.29. The molecule has 1 aromatic heterocycles. The van der Waals surface area contributed by atoms with Crippen molar-refractivity contribution < 1.29 is 9.59 Å². The lowest BCUT2D eigenvalue weighted by atomic mass is 9.81. The topological polar surface area (TPSA) is 49.4 Å². The molecule has 28 heavy (non-hydrogen) atoms. The van der Waals surface area contributed by atoms with Gasteiger partial charge in [0.2, 0.25) is 5.91 Å². The molecule has 4 nitrogen and oxygen atoms in total. The summed E-state index contributed by atoms with van der Waals surface area (Å²) in [6.45, 7) is 0.382. The number of halogens is 1. The first-order valence-electron chi connectivity index (χ1n) is 8.98. The Kier molecular flexibility index (Phi) is 5.20. The van der Waals surface area contributed by atoms with Crippen molar-refractivity contribution in [2.24, 2.45) is 0 Å². The second kappa shape index (κ2) is 7.78. The van der Waals surface area contributed by atoms with Gasteiger partial charge in [0.15, 0.2) is 0 Å². The average Bonchev–Trinajstić information content (AvgIpc) is 3.23. The van der Waals surface area contributed by atoms with Crippen LogP contribution < -0.4 is 5.32 Å². The van der Waals surface area contributed by atoms with E-state index in [0.717, 1.165) is 16.0 Å². The molecule has 1 N–H and O–H groups in total. The highest BCUT2D eigenvalue weighted by Gasteiger charge is 2.42. The SMILES string of the molecule is CN1C(=O)c2ccccc2C(C(=O)NCc2cccc(Cl)c2)C1c1cccs1. The first-order chi connectivity index (χ1) is 13.6. The summed E-state index contributed by atoms with van der Waals surface area (Å²) in [5, 5.41) is 5.64. The van der Waals surface area contributed by atoms with Crippen molar-refractivity contribution in [3.8, 4) is 0 Å². The zero-order chi connectivity index (χ0) is 19.7. The van der Waals surface area contributed by atoms with Crippen LogP contribution in [0, 0.1) is 0 Å². The molecule has 2 atom stereocenters. The minimum absolute atomic E-state index is 0.0621. The molecule has 0 bridgehead atoms. The van der Waals surface area contributed by atoms with Gasteiger partial charge in [0.25, 0.3) is 5.91 Å². The Morgan fingerprint density at radius 3 is 2.71 bits per heavy atom. The van der Waals surface area contributed by atoms with Crippen LogP contribution in [0.1, 0.15) is 38.3 Å². The van der Waals surface area contributed by atoms with E-state index in [1.807, 2.05) is 53.9 Å². The minimum atomic E-state index is -0.475. The third-order valence-electron chi connectivity index (χ3n) is 5.05. The van der Waals surface area contributed by atoms with Crippen molar-refractivity contribution in [3.05, 3.63) is 92.6 Å². The van der Waals surface area contributed by atoms with Crippen molar-refractivity contribution in [1.82, 2.24) is 10.2 Å². The third-order valence-corrected chi connectivity index (χ3v) is 6.23. The van der Waals surface area contributed by atoms with Crippen LogP contribution >= 0.6 is 22.9 Å². The number of hydrogen-bond acceptors (Lipinski definition) is 3. The van der Waals surface area contributed by atoms with E-state index in [1.54, 1.807) is 35.4 Å². The van der Waals surface area contributed by atoms with Gasteiger partial charge in [-0.2, -0.15) is 0 Å². The van der Waals surface area contributed by atoms with E-state index in [2.05, 4.69) is 5.32 Å². The third kappa shape index (κ3) is 3.43. The first-order valence-corrected chi connectivity index (χ1v) is 10.2. The predicted octanol–water partition coefficient (Wildman–Crippen LogP) is 4.63. The molecule has 3 aromatic rings. The summed E-state index contributed by atoms with van der Waals surface area (Å²) < 4.78 is 0. The number of rotatable bonds is 4. The molecule has 2 unspecified atom stereocenters. The van der Waals surface area contributed by atoms with E-state index in [9.17, 15) is 9.59 Å². The Bertz CT molecular complexity index is 1020. The van der Waals surface area contributed by atoms with Crippen LogP contribution in [0.4, 0.5) is 0 Å². The smallest absolute Gasteiger partial charge is 0.254 e. The van der Waals surface area contributed by atoms with E-state index in [1.165, 1.54) is 0 Å². The van der Waals surface area contributed by atoms with Gasteiger partial charge in [-0.25, -0.2) is 0 Å². The van der Waals surface area contributed by atoms with Crippen molar-refractivity contribution >= 4 is 34.8 Å². The second-order valence-electron chi connectivity index (χ2n) is 6.79. The van der Waals surface area contributed by atoms with Crippen LogP contribution in [-0.4, -0.2) is 23.8 Å². The predicted molar refractivity (Wildman–Crippen MR) is 112 cm³/mol. The maximum Gasteiger partial charge on any atom is 0.254 e. The van der Waals surface area contributed by atoms with Gasteiger partial charge in [-0.1, -0.05) is 48.0 Å². The van der Waals surface area contributed by atoms with Gasteiger partial charge in [0.05, 0.1) is 12.0 Å². The van der Waals surface area contributed by atoms with Gasteiger partial charge in [-0.15, -0.1) is 11.3 Å². The number of carbonyl (C=O) groups is 2. The molecular formula is C22H19ClN2O2S. The minimum Gasteiger partial charge on any atom is -0.351 e. The molecular weight excluding hydrogens is 392 g/mol. The molecule has 0 radical (unpaired) electrons. The average molecular weight is 411 g/mol. The van der Waals surface area contributed by atoms with E-state index >= 15 is 0 Å². The number of hydrogen-bond donors (Lipinski definition) is 1. The van der Waals surface area contributed by atoms with Gasteiger partial charge in [-0.05, 0) is 40.8 Å². The second-order valence-corrected chi connectivity index (χ2v) is 8.20. The number of benzene rings is 2. The standard InChI is InChI=1S/C22H19ClN2O2S/c1-25-20(18-10-5-11-28-18)19(16-8-2-3-9-17(16)22(25)27)21(26)24-13-14-6-4-7-15(23)12-14/h2-12,19-20H,13H2,1H3,(H,24,26). The van der Waals surface area contributed by atoms with Crippen LogP contribution in [0.25, 0.3) is 0 Å². The monoisotopic (exact) mass is 410 g/mol. The van der Waals surface area contributed by atoms with Crippen LogP contribution in [0.3, 0.4) is 0 Å². The molecule has 0 saturated carbocycles. The maximum absolute atomic E-state index is 13.3. The number of carbonyl (C=O) groups excluding carboxylic acids is 2. The molecule has 6 heteroatoms. The maximum atomic E-state index is 13.3. The van der Waals surface area contributed by atoms with Gasteiger partial charge >= 0.3 is 0 Å². The van der Waals surface area contributed by atoms with Crippen molar-refractivity contribution in [2.45, 2.75) is 18.5 Å². The number of thiophene rings is 1. The van der Waals surface area contributed by atoms with E-state index in [0.29, 0.717) is 17.1 Å². The van der Waals surface area contributed by atoms with Crippen molar-refractivity contribution in [1.29, 1.82) is 0 Å². The summed E-state index contributed by atoms with van der Waals surface area (Å²) >= 11 is 7.60. The molecule has 0 spiro atoms. The lowest BCUT2D eigenvalue weighted by molar-refractivity contribution is -0.124. The van der Waals surface area contributed by atoms with Gasteiger partial charge in [-0.3, -0.25) is 9.59 Å². The molecule has 0 saturated heterocycles. The highest BCUT2D eigenvalue weighted by molar-refractivity contribution is 7.10. The quantitative estimate of drug-likeness (QED) is 0.681. The number of amides is 2. The summed E-state index contributed by atoms with van der Waals surface area (Å²) in [5.74, 6) is -0.644. The van der Waals surface area contributed by atoms with Crippen molar-refractivity contribution in [3.63, 3.8) is 0 Å². The zero-order valence-electron chi connectivity index (χ0n) is 15.3. The first kappa shape index (κ1) is 18.7. The normalized spacial score (nSPS) is 18.6.